The first-order valence-electron chi connectivity index (χ1n) is 7.13. The first-order chi connectivity index (χ1) is 9.69. The molecule has 0 atom stereocenters. The largest absolute Gasteiger partial charge is 0.348 e. The topological polar surface area (TPSA) is 30.5 Å². The van der Waals surface area contributed by atoms with E-state index in [2.05, 4.69) is 5.32 Å². The minimum absolute atomic E-state index is 0.180. The van der Waals surface area contributed by atoms with Crippen LogP contribution in [-0.2, 0) is 16.0 Å². The molecule has 1 saturated carbocycles. The summed E-state index contributed by atoms with van der Waals surface area (Å²) in [6.07, 6.45) is 3.79. The van der Waals surface area contributed by atoms with E-state index in [1.807, 2.05) is 0 Å². The lowest BCUT2D eigenvalue weighted by Gasteiger charge is -2.35. The van der Waals surface area contributed by atoms with E-state index < -0.39 is 0 Å². The van der Waals surface area contributed by atoms with Gasteiger partial charge in [0.1, 0.15) is 5.82 Å². The second-order valence-corrected chi connectivity index (χ2v) is 5.88. The summed E-state index contributed by atoms with van der Waals surface area (Å²) in [6.45, 7) is 1.91. The maximum atomic E-state index is 13.8. The summed E-state index contributed by atoms with van der Waals surface area (Å²) < 4.78 is 25.2. The van der Waals surface area contributed by atoms with Gasteiger partial charge in [0.25, 0.3) is 0 Å². The van der Waals surface area contributed by atoms with Gasteiger partial charge in [0.05, 0.1) is 18.2 Å². The average Bonchev–Trinajstić information content (AvgIpc) is 2.91. The molecule has 0 unspecified atom stereocenters. The van der Waals surface area contributed by atoms with Crippen molar-refractivity contribution >= 4 is 11.6 Å². The summed E-state index contributed by atoms with van der Waals surface area (Å²) in [4.78, 5) is 0. The molecule has 1 saturated heterocycles. The lowest BCUT2D eigenvalue weighted by molar-refractivity contribution is -0.179. The van der Waals surface area contributed by atoms with Crippen LogP contribution >= 0.6 is 11.6 Å². The van der Waals surface area contributed by atoms with Gasteiger partial charge in [-0.15, -0.1) is 0 Å². The van der Waals surface area contributed by atoms with Gasteiger partial charge >= 0.3 is 0 Å². The van der Waals surface area contributed by atoms with E-state index in [9.17, 15) is 4.39 Å². The fraction of sp³-hybridized carbons (Fsp3) is 0.600. The minimum Gasteiger partial charge on any atom is -0.348 e. The Balaban J connectivity index is 1.51. The number of ether oxygens (including phenoxy) is 2. The van der Waals surface area contributed by atoms with Crippen molar-refractivity contribution in [1.82, 2.24) is 5.32 Å². The van der Waals surface area contributed by atoms with E-state index in [0.717, 1.165) is 25.7 Å². The SMILES string of the molecule is Fc1c(Cl)cccc1CNC1CCC2(CC1)OCCO2. The van der Waals surface area contributed by atoms with Gasteiger partial charge in [-0.2, -0.15) is 0 Å². The summed E-state index contributed by atoms with van der Waals surface area (Å²) in [7, 11) is 0. The van der Waals surface area contributed by atoms with Gasteiger partial charge in [-0.05, 0) is 18.9 Å². The summed E-state index contributed by atoms with van der Waals surface area (Å²) in [5.41, 5.74) is 0.617. The van der Waals surface area contributed by atoms with Crippen molar-refractivity contribution in [1.29, 1.82) is 0 Å². The van der Waals surface area contributed by atoms with Crippen LogP contribution in [0.5, 0.6) is 0 Å². The molecule has 0 radical (unpaired) electrons. The normalized spacial score (nSPS) is 22.5. The lowest BCUT2D eigenvalue weighted by Crippen LogP contribution is -2.41. The van der Waals surface area contributed by atoms with E-state index in [1.165, 1.54) is 0 Å². The zero-order chi connectivity index (χ0) is 14.0. The zero-order valence-corrected chi connectivity index (χ0v) is 12.1. The third kappa shape index (κ3) is 2.98. The van der Waals surface area contributed by atoms with Gasteiger partial charge in [-0.25, -0.2) is 4.39 Å². The Morgan fingerprint density at radius 1 is 1.25 bits per heavy atom. The fourth-order valence-corrected chi connectivity index (χ4v) is 3.18. The molecule has 0 bridgehead atoms. The number of benzene rings is 1. The highest BCUT2D eigenvalue weighted by atomic mass is 35.5. The van der Waals surface area contributed by atoms with Crippen molar-refractivity contribution in [3.05, 3.63) is 34.6 Å². The van der Waals surface area contributed by atoms with Gasteiger partial charge in [-0.3, -0.25) is 0 Å². The Morgan fingerprint density at radius 3 is 2.65 bits per heavy atom. The lowest BCUT2D eigenvalue weighted by atomic mass is 9.90. The molecule has 0 amide bonds. The van der Waals surface area contributed by atoms with Crippen molar-refractivity contribution in [2.45, 2.75) is 44.1 Å². The Kier molecular flexibility index (Phi) is 4.26. The number of halogens is 2. The molecule has 1 heterocycles. The van der Waals surface area contributed by atoms with E-state index >= 15 is 0 Å². The first kappa shape index (κ1) is 14.3. The van der Waals surface area contributed by atoms with Crippen LogP contribution in [0.3, 0.4) is 0 Å². The van der Waals surface area contributed by atoms with Crippen LogP contribution in [-0.4, -0.2) is 25.0 Å². The molecule has 5 heteroatoms. The van der Waals surface area contributed by atoms with Crippen LogP contribution in [0.4, 0.5) is 4.39 Å². The van der Waals surface area contributed by atoms with Crippen LogP contribution in [0, 0.1) is 5.82 Å². The molecule has 1 aromatic rings. The molecule has 3 nitrogen and oxygen atoms in total. The van der Waals surface area contributed by atoms with Crippen LogP contribution < -0.4 is 5.32 Å². The van der Waals surface area contributed by atoms with Gasteiger partial charge in [0, 0.05) is 31.0 Å². The standard InChI is InChI=1S/C15H19ClFNO2/c16-13-3-1-2-11(14(13)17)10-18-12-4-6-15(7-5-12)19-8-9-20-15/h1-3,12,18H,4-10H2. The molecule has 1 aliphatic carbocycles. The monoisotopic (exact) mass is 299 g/mol. The number of nitrogens with one attached hydrogen (secondary N) is 1. The van der Waals surface area contributed by atoms with Crippen molar-refractivity contribution in [3.8, 4) is 0 Å². The van der Waals surface area contributed by atoms with Crippen LogP contribution in [0.25, 0.3) is 0 Å². The van der Waals surface area contributed by atoms with E-state index in [-0.39, 0.29) is 16.6 Å². The molecule has 1 spiro atoms. The molecule has 0 aromatic heterocycles. The van der Waals surface area contributed by atoms with Crippen molar-refractivity contribution in [2.24, 2.45) is 0 Å². The molecular formula is C15H19ClFNO2. The van der Waals surface area contributed by atoms with E-state index in [1.54, 1.807) is 18.2 Å². The van der Waals surface area contributed by atoms with E-state index in [0.29, 0.717) is 31.4 Å². The Hall–Kier alpha value is -0.680. The summed E-state index contributed by atoms with van der Waals surface area (Å²) in [5.74, 6) is -0.657. The number of hydrogen-bond acceptors (Lipinski definition) is 3. The van der Waals surface area contributed by atoms with Crippen molar-refractivity contribution in [3.63, 3.8) is 0 Å². The van der Waals surface area contributed by atoms with Crippen LogP contribution in [0.15, 0.2) is 18.2 Å². The highest BCUT2D eigenvalue weighted by Gasteiger charge is 2.40. The zero-order valence-electron chi connectivity index (χ0n) is 11.3. The second-order valence-electron chi connectivity index (χ2n) is 5.48. The summed E-state index contributed by atoms with van der Waals surface area (Å²) in [5, 5.41) is 3.58. The predicted octanol–water partition coefficient (Wildman–Crippen LogP) is 3.25. The molecule has 2 fully saturated rings. The third-order valence-corrected chi connectivity index (χ3v) is 4.47. The Morgan fingerprint density at radius 2 is 1.95 bits per heavy atom. The van der Waals surface area contributed by atoms with Gasteiger partial charge in [-0.1, -0.05) is 23.7 Å². The number of rotatable bonds is 3. The smallest absolute Gasteiger partial charge is 0.168 e. The van der Waals surface area contributed by atoms with E-state index in [4.69, 9.17) is 21.1 Å². The van der Waals surface area contributed by atoms with Crippen molar-refractivity contribution in [2.75, 3.05) is 13.2 Å². The second kappa shape index (κ2) is 5.98. The summed E-state index contributed by atoms with van der Waals surface area (Å²) in [6, 6.07) is 5.49. The quantitative estimate of drug-likeness (QED) is 0.929. The maximum absolute atomic E-state index is 13.8. The summed E-state index contributed by atoms with van der Waals surface area (Å²) >= 11 is 5.78. The molecule has 20 heavy (non-hydrogen) atoms. The van der Waals surface area contributed by atoms with Crippen LogP contribution in [0.1, 0.15) is 31.2 Å². The van der Waals surface area contributed by atoms with Crippen molar-refractivity contribution < 1.29 is 13.9 Å². The number of hydrogen-bond donors (Lipinski definition) is 1. The highest BCUT2D eigenvalue weighted by molar-refractivity contribution is 6.30. The molecule has 1 N–H and O–H groups in total. The highest BCUT2D eigenvalue weighted by Crippen LogP contribution is 2.35. The Bertz CT molecular complexity index is 467. The molecule has 110 valence electrons. The molecule has 1 aliphatic heterocycles. The minimum atomic E-state index is -0.334. The fourth-order valence-electron chi connectivity index (χ4n) is 2.99. The predicted molar refractivity (Wildman–Crippen MR) is 75.1 cm³/mol. The van der Waals surface area contributed by atoms with Gasteiger partial charge in [0.15, 0.2) is 5.79 Å². The molecule has 3 rings (SSSR count). The molecule has 1 aromatic carbocycles. The third-order valence-electron chi connectivity index (χ3n) is 4.17. The van der Waals surface area contributed by atoms with Gasteiger partial charge < -0.3 is 14.8 Å². The molecule has 2 aliphatic rings. The maximum Gasteiger partial charge on any atom is 0.168 e. The molecular weight excluding hydrogens is 281 g/mol. The first-order valence-corrected chi connectivity index (χ1v) is 7.50. The van der Waals surface area contributed by atoms with Crippen LogP contribution in [0.2, 0.25) is 5.02 Å². The average molecular weight is 300 g/mol. The van der Waals surface area contributed by atoms with Gasteiger partial charge in [0.2, 0.25) is 0 Å². The Labute approximate surface area is 123 Å².